The maximum absolute atomic E-state index is 15.6. The number of hydrogen-bond donors (Lipinski definition) is 2. The molecule has 12 heteroatoms. The van der Waals surface area contributed by atoms with Crippen LogP contribution in [0.5, 0.6) is 0 Å². The van der Waals surface area contributed by atoms with E-state index >= 15 is 17.6 Å². The number of nitrogens with one attached hydrogen (secondary N) is 2. The largest absolute Gasteiger partial charge is 0.354 e. The molecule has 9 rings (SSSR count). The van der Waals surface area contributed by atoms with Gasteiger partial charge in [-0.1, -0.05) is 0 Å². The third kappa shape index (κ3) is 5.16. The van der Waals surface area contributed by atoms with Gasteiger partial charge in [-0.2, -0.15) is 0 Å². The van der Waals surface area contributed by atoms with E-state index in [9.17, 15) is 0 Å². The molecule has 250 valence electrons. The molecule has 8 nitrogen and oxygen atoms in total. The Hall–Kier alpha value is -7.08. The number of hydrogen-bond acceptors (Lipinski definition) is 6. The van der Waals surface area contributed by atoms with E-state index in [1.807, 2.05) is 0 Å². The normalized spacial score (nSPS) is 12.1. The van der Waals surface area contributed by atoms with Gasteiger partial charge in [-0.15, -0.1) is 0 Å². The number of fused-ring (bicyclic) bond motifs is 8. The second-order valence-electron chi connectivity index (χ2n) is 11.9. The monoisotopic (exact) mass is 690 g/mol. The lowest BCUT2D eigenvalue weighted by atomic mass is 10.0. The zero-order valence-corrected chi connectivity index (χ0v) is 26.7. The molecule has 2 N–H and O–H groups in total. The number of nitrogens with zero attached hydrogens (tertiary/aromatic N) is 6. The van der Waals surface area contributed by atoms with Gasteiger partial charge in [0.2, 0.25) is 0 Å². The number of H-pyrrole nitrogens is 2. The second kappa shape index (κ2) is 12.4. The molecule has 0 saturated carbocycles. The second-order valence-corrected chi connectivity index (χ2v) is 11.9. The Morgan fingerprint density at radius 1 is 0.346 bits per heavy atom. The van der Waals surface area contributed by atoms with E-state index < -0.39 is 23.3 Å². The van der Waals surface area contributed by atoms with Gasteiger partial charge in [-0.05, 0) is 72.8 Å². The van der Waals surface area contributed by atoms with Crippen LogP contribution in [-0.2, 0) is 0 Å². The summed E-state index contributed by atoms with van der Waals surface area (Å²) in [6.07, 6.45) is 17.2. The van der Waals surface area contributed by atoms with Gasteiger partial charge in [-0.25, -0.2) is 27.5 Å². The summed E-state index contributed by atoms with van der Waals surface area (Å²) in [5, 5.41) is 0. The quantitative estimate of drug-likeness (QED) is 0.178. The first kappa shape index (κ1) is 30.9. The Bertz CT molecular complexity index is 2450. The predicted molar refractivity (Wildman–Crippen MR) is 192 cm³/mol. The minimum Gasteiger partial charge on any atom is -0.354 e. The first-order valence-electron chi connectivity index (χ1n) is 16.0. The van der Waals surface area contributed by atoms with Crippen LogP contribution >= 0.6 is 0 Å². The Kier molecular flexibility index (Phi) is 7.35. The minimum atomic E-state index is -0.593. The molecule has 2 aliphatic rings. The van der Waals surface area contributed by atoms with Crippen LogP contribution < -0.4 is 0 Å². The third-order valence-electron chi connectivity index (χ3n) is 8.92. The summed E-state index contributed by atoms with van der Waals surface area (Å²) in [6.45, 7) is 0. The van der Waals surface area contributed by atoms with Gasteiger partial charge >= 0.3 is 0 Å². The molecule has 0 radical (unpaired) electrons. The van der Waals surface area contributed by atoms with E-state index in [2.05, 4.69) is 29.9 Å². The van der Waals surface area contributed by atoms with Crippen molar-refractivity contribution in [1.29, 1.82) is 0 Å². The maximum Gasteiger partial charge on any atom is 0.149 e. The van der Waals surface area contributed by atoms with Crippen molar-refractivity contribution in [2.45, 2.75) is 0 Å². The van der Waals surface area contributed by atoms with E-state index in [1.54, 1.807) is 48.6 Å². The van der Waals surface area contributed by atoms with Crippen LogP contribution in [0.4, 0.5) is 17.6 Å². The molecule has 8 bridgehead atoms. The molecular weight excluding hydrogens is 668 g/mol. The fourth-order valence-electron chi connectivity index (χ4n) is 6.65. The van der Waals surface area contributed by atoms with Crippen LogP contribution in [0.25, 0.3) is 90.9 Å². The van der Waals surface area contributed by atoms with Crippen molar-refractivity contribution in [3.8, 4) is 44.5 Å². The molecular formula is C40H22F4N8. The molecule has 0 fully saturated rings. The molecule has 7 aromatic heterocycles. The SMILES string of the molecule is Fc1cnccc1-c1c2nc(c(-c3ccncc3F)c3ccc([nH]3)c(-c3ccncc3F)c3nc(c(-c4ccncc4F)c4ccc1[nH]4)C=C3)C=C2. The van der Waals surface area contributed by atoms with Crippen molar-refractivity contribution in [2.24, 2.45) is 0 Å². The highest BCUT2D eigenvalue weighted by Crippen LogP contribution is 2.39. The molecule has 9 heterocycles. The van der Waals surface area contributed by atoms with Gasteiger partial charge in [0.05, 0.1) is 47.6 Å². The van der Waals surface area contributed by atoms with Crippen LogP contribution in [0.1, 0.15) is 22.8 Å². The molecule has 0 aliphatic carbocycles. The topological polar surface area (TPSA) is 109 Å². The van der Waals surface area contributed by atoms with E-state index in [4.69, 9.17) is 9.97 Å². The lowest BCUT2D eigenvalue weighted by Gasteiger charge is -2.08. The van der Waals surface area contributed by atoms with Gasteiger partial charge in [-0.3, -0.25) is 19.9 Å². The molecule has 0 amide bonds. The Balaban J connectivity index is 1.51. The molecule has 7 aromatic rings. The first-order chi connectivity index (χ1) is 25.4. The van der Waals surface area contributed by atoms with Crippen LogP contribution in [0.15, 0.2) is 98.1 Å². The first-order valence-corrected chi connectivity index (χ1v) is 16.0. The van der Waals surface area contributed by atoms with Crippen LogP contribution in [-0.4, -0.2) is 39.9 Å². The van der Waals surface area contributed by atoms with E-state index in [0.29, 0.717) is 67.1 Å². The summed E-state index contributed by atoms with van der Waals surface area (Å²) in [4.78, 5) is 32.3. The summed E-state index contributed by atoms with van der Waals surface area (Å²) in [5.41, 5.74) is 5.70. The predicted octanol–water partition coefficient (Wildman–Crippen LogP) is 9.46. The lowest BCUT2D eigenvalue weighted by Crippen LogP contribution is -1.93. The highest BCUT2D eigenvalue weighted by atomic mass is 19.1. The van der Waals surface area contributed by atoms with E-state index in [0.717, 1.165) is 24.8 Å². The smallest absolute Gasteiger partial charge is 0.149 e. The Morgan fingerprint density at radius 3 is 0.827 bits per heavy atom. The van der Waals surface area contributed by atoms with E-state index in [-0.39, 0.29) is 22.3 Å². The van der Waals surface area contributed by atoms with Crippen LogP contribution in [0, 0.1) is 23.3 Å². The van der Waals surface area contributed by atoms with Crippen molar-refractivity contribution in [2.75, 3.05) is 0 Å². The Labute approximate surface area is 292 Å². The van der Waals surface area contributed by atoms with Crippen molar-refractivity contribution < 1.29 is 17.6 Å². The van der Waals surface area contributed by atoms with Gasteiger partial charge < -0.3 is 9.97 Å². The number of pyridine rings is 4. The fourth-order valence-corrected chi connectivity index (χ4v) is 6.65. The number of aromatic amines is 2. The average molecular weight is 691 g/mol. The minimum absolute atomic E-state index is 0.206. The maximum atomic E-state index is 15.6. The average Bonchev–Trinajstić information content (AvgIpc) is 3.99. The van der Waals surface area contributed by atoms with Gasteiger partial charge in [0, 0.05) is 91.4 Å². The van der Waals surface area contributed by atoms with Crippen molar-refractivity contribution in [3.63, 3.8) is 0 Å². The van der Waals surface area contributed by atoms with Gasteiger partial charge in [0.25, 0.3) is 0 Å². The Morgan fingerprint density at radius 2 is 0.596 bits per heavy atom. The van der Waals surface area contributed by atoms with Crippen molar-refractivity contribution in [3.05, 3.63) is 144 Å². The lowest BCUT2D eigenvalue weighted by molar-refractivity contribution is 0.624. The highest BCUT2D eigenvalue weighted by molar-refractivity contribution is 5.99. The third-order valence-corrected chi connectivity index (χ3v) is 8.92. The molecule has 2 aliphatic heterocycles. The molecule has 0 aromatic carbocycles. The van der Waals surface area contributed by atoms with Crippen LogP contribution in [0.3, 0.4) is 0 Å². The molecule has 0 unspecified atom stereocenters. The standard InChI is InChI=1S/C40H22F4N8/c41-25-17-45-13-9-21(25)37-29-1-2-30(49-29)38(22-10-14-46-18-26(22)42)32-5-6-34(51-32)40(24-12-16-48-20-28(24)44)36-8-7-35(52-36)39(33-4-3-31(37)50-33)23-11-15-47-19-27(23)43/h1-20,49,52H. The number of rotatable bonds is 4. The summed E-state index contributed by atoms with van der Waals surface area (Å²) < 4.78 is 62.3. The number of halogens is 4. The fraction of sp³-hybridized carbons (Fsp3) is 0. The molecule has 0 spiro atoms. The van der Waals surface area contributed by atoms with Crippen LogP contribution in [0.2, 0.25) is 0 Å². The van der Waals surface area contributed by atoms with Crippen molar-refractivity contribution >= 4 is 46.4 Å². The van der Waals surface area contributed by atoms with Crippen molar-refractivity contribution in [1.82, 2.24) is 39.9 Å². The summed E-state index contributed by atoms with van der Waals surface area (Å²) in [6, 6.07) is 13.1. The summed E-state index contributed by atoms with van der Waals surface area (Å²) in [7, 11) is 0. The number of aromatic nitrogens is 8. The molecule has 52 heavy (non-hydrogen) atoms. The highest BCUT2D eigenvalue weighted by Gasteiger charge is 2.22. The molecule has 0 saturated heterocycles. The molecule has 0 atom stereocenters. The zero-order chi connectivity index (χ0) is 35.3. The zero-order valence-electron chi connectivity index (χ0n) is 26.7. The van der Waals surface area contributed by atoms with Gasteiger partial charge in [0.1, 0.15) is 23.3 Å². The van der Waals surface area contributed by atoms with Gasteiger partial charge in [0.15, 0.2) is 0 Å². The summed E-state index contributed by atoms with van der Waals surface area (Å²) >= 11 is 0. The summed E-state index contributed by atoms with van der Waals surface area (Å²) in [5.74, 6) is -2.37. The van der Waals surface area contributed by atoms with E-state index in [1.165, 1.54) is 49.1 Å².